The Kier molecular flexibility index (Phi) is 7.25. The van der Waals surface area contributed by atoms with Crippen LogP contribution >= 0.6 is 11.5 Å². The van der Waals surface area contributed by atoms with Crippen molar-refractivity contribution in [2.24, 2.45) is 5.73 Å². The minimum absolute atomic E-state index is 0.00238. The van der Waals surface area contributed by atoms with E-state index in [-0.39, 0.29) is 28.2 Å². The number of anilines is 2. The van der Waals surface area contributed by atoms with Gasteiger partial charge in [-0.1, -0.05) is 25.0 Å². The van der Waals surface area contributed by atoms with Gasteiger partial charge in [0.05, 0.1) is 18.5 Å². The molecule has 11 heteroatoms. The number of hydrogen-bond donors (Lipinski definition) is 3. The zero-order chi connectivity index (χ0) is 24.9. The number of nitrogens with two attached hydrogens (primary N) is 2. The minimum Gasteiger partial charge on any atom is -0.495 e. The molecule has 0 spiro atoms. The molecular weight excluding hydrogens is 468 g/mol. The van der Waals surface area contributed by atoms with Crippen LogP contribution in [0.5, 0.6) is 5.75 Å². The molecule has 1 saturated carbocycles. The molecular formula is C24H26N6O4S. The van der Waals surface area contributed by atoms with Gasteiger partial charge in [0, 0.05) is 18.4 Å². The first-order valence-corrected chi connectivity index (χ1v) is 11.9. The molecule has 5 N–H and O–H groups in total. The third-order valence-electron chi connectivity index (χ3n) is 5.95. The van der Waals surface area contributed by atoms with Crippen molar-refractivity contribution in [1.29, 1.82) is 0 Å². The molecule has 0 saturated heterocycles. The van der Waals surface area contributed by atoms with Crippen molar-refractivity contribution in [2.75, 3.05) is 17.7 Å². The smallest absolute Gasteiger partial charge is 0.273 e. The third-order valence-corrected chi connectivity index (χ3v) is 6.80. The lowest BCUT2D eigenvalue weighted by Crippen LogP contribution is -2.46. The summed E-state index contributed by atoms with van der Waals surface area (Å²) in [6.07, 6.45) is 6.94. The molecule has 4 rings (SSSR count). The summed E-state index contributed by atoms with van der Waals surface area (Å²) in [5.74, 6) is -1.42. The Labute approximate surface area is 206 Å². The van der Waals surface area contributed by atoms with Gasteiger partial charge in [-0.25, -0.2) is 0 Å². The number of carbonyl (C=O) groups excluding carboxylic acids is 3. The predicted octanol–water partition coefficient (Wildman–Crippen LogP) is 2.67. The van der Waals surface area contributed by atoms with Gasteiger partial charge in [-0.15, -0.1) is 0 Å². The van der Waals surface area contributed by atoms with Gasteiger partial charge in [0.25, 0.3) is 11.8 Å². The molecule has 3 aromatic rings. The molecule has 1 atom stereocenters. The number of ether oxygens (including phenoxy) is 1. The lowest BCUT2D eigenvalue weighted by Gasteiger charge is -2.32. The first kappa shape index (κ1) is 24.1. The maximum Gasteiger partial charge on any atom is 0.273 e. The largest absolute Gasteiger partial charge is 0.495 e. The number of nitrogens with one attached hydrogen (secondary N) is 1. The summed E-state index contributed by atoms with van der Waals surface area (Å²) in [5, 5.41) is 3.10. The van der Waals surface area contributed by atoms with Gasteiger partial charge in [-0.3, -0.25) is 24.3 Å². The van der Waals surface area contributed by atoms with E-state index < -0.39 is 17.9 Å². The summed E-state index contributed by atoms with van der Waals surface area (Å²) in [6.45, 7) is 0. The van der Waals surface area contributed by atoms with Crippen LogP contribution in [-0.4, -0.2) is 40.2 Å². The van der Waals surface area contributed by atoms with Gasteiger partial charge < -0.3 is 21.5 Å². The van der Waals surface area contributed by atoms with E-state index >= 15 is 0 Å². The van der Waals surface area contributed by atoms with Crippen LogP contribution in [0.3, 0.4) is 0 Å². The van der Waals surface area contributed by atoms with Crippen LogP contribution in [-0.2, 0) is 4.79 Å². The van der Waals surface area contributed by atoms with Crippen LogP contribution in [0.15, 0.2) is 48.8 Å². The molecule has 1 aromatic carbocycles. The van der Waals surface area contributed by atoms with Gasteiger partial charge in [-0.05, 0) is 54.2 Å². The van der Waals surface area contributed by atoms with Crippen molar-refractivity contribution in [1.82, 2.24) is 14.7 Å². The van der Waals surface area contributed by atoms with E-state index in [1.807, 2.05) is 0 Å². The van der Waals surface area contributed by atoms with Crippen molar-refractivity contribution in [3.05, 3.63) is 64.9 Å². The molecule has 3 amide bonds. The highest BCUT2D eigenvalue weighted by Crippen LogP contribution is 2.38. The number of nitrogens with zero attached hydrogens (tertiary/aromatic N) is 3. The zero-order valence-corrected chi connectivity index (χ0v) is 20.0. The molecule has 0 aliphatic heterocycles. The Morgan fingerprint density at radius 2 is 1.83 bits per heavy atom. The number of hydrogen-bond acceptors (Lipinski definition) is 8. The fraction of sp³-hybridized carbons (Fsp3) is 0.292. The molecule has 1 aliphatic rings. The molecule has 1 fully saturated rings. The van der Waals surface area contributed by atoms with Crippen molar-refractivity contribution in [2.45, 2.75) is 37.8 Å². The van der Waals surface area contributed by atoms with Gasteiger partial charge in [0.15, 0.2) is 5.69 Å². The summed E-state index contributed by atoms with van der Waals surface area (Å²) in [6, 6.07) is 9.19. The number of amides is 3. The number of nitrogen functional groups attached to an aromatic ring is 1. The monoisotopic (exact) mass is 494 g/mol. The second-order valence-electron chi connectivity index (χ2n) is 8.16. The number of benzene rings is 1. The van der Waals surface area contributed by atoms with Crippen LogP contribution in [0.1, 0.15) is 57.4 Å². The maximum absolute atomic E-state index is 14.0. The number of pyridine rings is 1. The van der Waals surface area contributed by atoms with E-state index in [0.717, 1.165) is 37.2 Å². The second-order valence-corrected chi connectivity index (χ2v) is 8.93. The first-order chi connectivity index (χ1) is 16.9. The number of carbonyl (C=O) groups is 3. The van der Waals surface area contributed by atoms with Crippen LogP contribution in [0.4, 0.5) is 11.4 Å². The van der Waals surface area contributed by atoms with Crippen molar-refractivity contribution >= 4 is 40.6 Å². The van der Waals surface area contributed by atoms with Crippen LogP contribution < -0.4 is 26.4 Å². The molecule has 35 heavy (non-hydrogen) atoms. The number of primary amides is 1. The van der Waals surface area contributed by atoms with Gasteiger partial charge in [0.2, 0.25) is 5.91 Å². The summed E-state index contributed by atoms with van der Waals surface area (Å²) in [5.41, 5.74) is 12.1. The molecule has 0 radical (unpaired) electrons. The Morgan fingerprint density at radius 1 is 1.14 bits per heavy atom. The van der Waals surface area contributed by atoms with Gasteiger partial charge in [-0.2, -0.15) is 4.37 Å². The predicted molar refractivity (Wildman–Crippen MR) is 132 cm³/mol. The van der Waals surface area contributed by atoms with E-state index in [9.17, 15) is 14.4 Å². The topological polar surface area (TPSA) is 154 Å². The molecule has 2 heterocycles. The molecule has 0 bridgehead atoms. The Balaban J connectivity index is 1.87. The second kappa shape index (κ2) is 10.5. The lowest BCUT2D eigenvalue weighted by molar-refractivity contribution is -0.123. The Bertz CT molecular complexity index is 1230. The SMILES string of the molecule is COc1ccccc1N(C(=O)c1snc(C(N)=O)c1N)C(C(=O)NC1CCCC1)c1ccncc1. The number of rotatable bonds is 8. The third kappa shape index (κ3) is 4.94. The molecule has 1 unspecified atom stereocenters. The standard InChI is InChI=1S/C24H26N6O4S/c1-34-17-9-5-4-8-16(17)30(24(33)21-18(25)19(22(26)31)29-35-21)20(14-10-12-27-13-11-14)23(32)28-15-6-2-3-7-15/h4-5,8-13,15,20H,2-3,6-7,25H2,1H3,(H2,26,31)(H,28,32). The fourth-order valence-electron chi connectivity index (χ4n) is 4.25. The van der Waals surface area contributed by atoms with E-state index in [1.165, 1.54) is 12.0 Å². The molecule has 2 aromatic heterocycles. The highest BCUT2D eigenvalue weighted by molar-refractivity contribution is 7.09. The fourth-order valence-corrected chi connectivity index (χ4v) is 4.99. The highest BCUT2D eigenvalue weighted by Gasteiger charge is 2.38. The van der Waals surface area contributed by atoms with Gasteiger partial charge >= 0.3 is 0 Å². The average molecular weight is 495 g/mol. The van der Waals surface area contributed by atoms with Crippen LogP contribution in [0.25, 0.3) is 0 Å². The van der Waals surface area contributed by atoms with E-state index in [2.05, 4.69) is 14.7 Å². The van der Waals surface area contributed by atoms with Gasteiger partial charge in [0.1, 0.15) is 16.7 Å². The van der Waals surface area contributed by atoms with Crippen LogP contribution in [0, 0.1) is 0 Å². The van der Waals surface area contributed by atoms with E-state index in [4.69, 9.17) is 16.2 Å². The average Bonchev–Trinajstić information content (AvgIpc) is 3.52. The van der Waals surface area contributed by atoms with Crippen LogP contribution in [0.2, 0.25) is 0 Å². The number of aromatic nitrogens is 2. The molecule has 1 aliphatic carbocycles. The zero-order valence-electron chi connectivity index (χ0n) is 19.1. The Hall–Kier alpha value is -3.99. The minimum atomic E-state index is -1.07. The van der Waals surface area contributed by atoms with E-state index in [0.29, 0.717) is 17.0 Å². The Morgan fingerprint density at radius 3 is 2.46 bits per heavy atom. The highest BCUT2D eigenvalue weighted by atomic mass is 32.1. The normalized spacial score (nSPS) is 14.3. The molecule has 10 nitrogen and oxygen atoms in total. The maximum atomic E-state index is 14.0. The number of para-hydroxylation sites is 2. The van der Waals surface area contributed by atoms with E-state index in [1.54, 1.807) is 48.8 Å². The lowest BCUT2D eigenvalue weighted by atomic mass is 10.0. The number of methoxy groups -OCH3 is 1. The summed E-state index contributed by atoms with van der Waals surface area (Å²) in [4.78, 5) is 44.9. The first-order valence-electron chi connectivity index (χ1n) is 11.1. The summed E-state index contributed by atoms with van der Waals surface area (Å²) in [7, 11) is 1.48. The quantitative estimate of drug-likeness (QED) is 0.435. The van der Waals surface area contributed by atoms with Crippen molar-refractivity contribution in [3.8, 4) is 5.75 Å². The summed E-state index contributed by atoms with van der Waals surface area (Å²) < 4.78 is 9.50. The molecule has 182 valence electrons. The summed E-state index contributed by atoms with van der Waals surface area (Å²) >= 11 is 0.754. The van der Waals surface area contributed by atoms with Crippen molar-refractivity contribution in [3.63, 3.8) is 0 Å². The van der Waals surface area contributed by atoms with Crippen molar-refractivity contribution < 1.29 is 19.1 Å².